The zero-order chi connectivity index (χ0) is 18.7. The van der Waals surface area contributed by atoms with Gasteiger partial charge in [-0.1, -0.05) is 39.0 Å². The van der Waals surface area contributed by atoms with Gasteiger partial charge in [0.1, 0.15) is 6.10 Å². The highest BCUT2D eigenvalue weighted by molar-refractivity contribution is 5.69. The molecule has 5 atom stereocenters. The van der Waals surface area contributed by atoms with Crippen LogP contribution in [0.25, 0.3) is 0 Å². The van der Waals surface area contributed by atoms with Gasteiger partial charge < -0.3 is 15.3 Å². The van der Waals surface area contributed by atoms with Gasteiger partial charge in [-0.05, 0) is 56.8 Å². The Labute approximate surface area is 153 Å². The molecule has 4 nitrogen and oxygen atoms in total. The van der Waals surface area contributed by atoms with Crippen LogP contribution in [0.4, 0.5) is 0 Å². The number of hydrogen-bond donors (Lipinski definition) is 3. The second-order valence-corrected chi connectivity index (χ2v) is 7.61. The Kier molecular flexibility index (Phi) is 10.8. The lowest BCUT2D eigenvalue weighted by atomic mass is 9.85. The van der Waals surface area contributed by atoms with Gasteiger partial charge in [-0.2, -0.15) is 0 Å². The molecule has 0 spiro atoms. The summed E-state index contributed by atoms with van der Waals surface area (Å²) in [6, 6.07) is 0. The number of carbonyl (C=O) groups is 1. The van der Waals surface area contributed by atoms with Gasteiger partial charge in [0, 0.05) is 6.42 Å². The molecule has 3 N–H and O–H groups in total. The lowest BCUT2D eigenvalue weighted by Crippen LogP contribution is -2.20. The number of aliphatic hydroxyl groups excluding tert-OH is 2. The van der Waals surface area contributed by atoms with E-state index in [4.69, 9.17) is 5.11 Å². The maximum absolute atomic E-state index is 10.8. The number of aliphatic hydroxyl groups is 2. The molecule has 0 saturated heterocycles. The fraction of sp³-hybridized carbons (Fsp3) is 0.857. The van der Waals surface area contributed by atoms with Gasteiger partial charge in [0.15, 0.2) is 0 Å². The summed E-state index contributed by atoms with van der Waals surface area (Å²) in [6.07, 6.45) is 9.37. The molecule has 4 heteroatoms. The monoisotopic (exact) mass is 352 g/mol. The largest absolute Gasteiger partial charge is 0.481 e. The summed E-state index contributed by atoms with van der Waals surface area (Å²) in [4.78, 5) is 10.8. The minimum Gasteiger partial charge on any atom is -0.481 e. The van der Waals surface area contributed by atoms with Crippen molar-refractivity contribution in [3.05, 3.63) is 0 Å². The summed E-state index contributed by atoms with van der Waals surface area (Å²) >= 11 is 0. The summed E-state index contributed by atoms with van der Waals surface area (Å²) < 4.78 is 0. The van der Waals surface area contributed by atoms with Crippen molar-refractivity contribution in [2.24, 2.45) is 17.8 Å². The first-order valence-corrected chi connectivity index (χ1v) is 10.0. The maximum Gasteiger partial charge on any atom is 0.306 e. The van der Waals surface area contributed by atoms with E-state index in [2.05, 4.69) is 18.8 Å². The van der Waals surface area contributed by atoms with Gasteiger partial charge in [-0.3, -0.25) is 4.79 Å². The van der Waals surface area contributed by atoms with Gasteiger partial charge in [0.2, 0.25) is 0 Å². The second-order valence-electron chi connectivity index (χ2n) is 7.61. The van der Waals surface area contributed by atoms with Crippen LogP contribution in [0.5, 0.6) is 0 Å². The van der Waals surface area contributed by atoms with E-state index in [0.29, 0.717) is 18.3 Å². The van der Waals surface area contributed by atoms with E-state index in [1.807, 2.05) is 0 Å². The highest BCUT2D eigenvalue weighted by Crippen LogP contribution is 2.38. The third-order valence-electron chi connectivity index (χ3n) is 5.48. The highest BCUT2D eigenvalue weighted by atomic mass is 16.4. The Morgan fingerprint density at radius 2 is 1.92 bits per heavy atom. The van der Waals surface area contributed by atoms with Gasteiger partial charge >= 0.3 is 5.97 Å². The zero-order valence-corrected chi connectivity index (χ0v) is 15.9. The quantitative estimate of drug-likeness (QED) is 0.388. The normalized spacial score (nSPS) is 25.2. The van der Waals surface area contributed by atoms with Gasteiger partial charge in [-0.15, -0.1) is 5.92 Å². The number of carboxylic acid groups (broad SMARTS) is 1. The molecule has 0 aromatic rings. The molecule has 0 heterocycles. The minimum absolute atomic E-state index is 0.216. The van der Waals surface area contributed by atoms with Crippen LogP contribution in [0.3, 0.4) is 0 Å². The molecule has 1 aliphatic rings. The van der Waals surface area contributed by atoms with Crippen molar-refractivity contribution in [2.75, 3.05) is 0 Å². The van der Waals surface area contributed by atoms with Crippen LogP contribution in [0, 0.1) is 29.6 Å². The molecule has 144 valence electrons. The fourth-order valence-corrected chi connectivity index (χ4v) is 3.80. The summed E-state index contributed by atoms with van der Waals surface area (Å²) in [5.41, 5.74) is 0. The van der Waals surface area contributed by atoms with Crippen molar-refractivity contribution in [1.29, 1.82) is 0 Å². The predicted molar refractivity (Wildman–Crippen MR) is 100 cm³/mol. The Bertz CT molecular complexity index is 437. The molecule has 0 amide bonds. The van der Waals surface area contributed by atoms with E-state index < -0.39 is 12.1 Å². The van der Waals surface area contributed by atoms with Crippen molar-refractivity contribution in [1.82, 2.24) is 0 Å². The van der Waals surface area contributed by atoms with Crippen LogP contribution >= 0.6 is 0 Å². The fourth-order valence-electron chi connectivity index (χ4n) is 3.80. The number of unbranched alkanes of at least 4 members (excludes halogenated alkanes) is 3. The SMILES string of the molecule is CCCC#CC(O)CC[C@H]1CC[C@H](O)[C@@H]1CCCCCC(C)C(=O)O. The summed E-state index contributed by atoms with van der Waals surface area (Å²) in [7, 11) is 0. The highest BCUT2D eigenvalue weighted by Gasteiger charge is 2.34. The zero-order valence-electron chi connectivity index (χ0n) is 15.9. The molecule has 2 unspecified atom stereocenters. The predicted octanol–water partition coefficient (Wildman–Crippen LogP) is 3.99. The van der Waals surface area contributed by atoms with Crippen molar-refractivity contribution < 1.29 is 20.1 Å². The molecular formula is C21H36O4. The van der Waals surface area contributed by atoms with E-state index in [1.54, 1.807) is 6.92 Å². The third kappa shape index (κ3) is 8.74. The van der Waals surface area contributed by atoms with E-state index in [1.165, 1.54) is 0 Å². The first-order chi connectivity index (χ1) is 12.0. The summed E-state index contributed by atoms with van der Waals surface area (Å²) in [6.45, 7) is 3.84. The second kappa shape index (κ2) is 12.3. The number of hydrogen-bond acceptors (Lipinski definition) is 3. The molecule has 1 rings (SSSR count). The molecule has 0 radical (unpaired) electrons. The lowest BCUT2D eigenvalue weighted by Gasteiger charge is -2.22. The van der Waals surface area contributed by atoms with Crippen molar-refractivity contribution in [2.45, 2.75) is 96.7 Å². The first-order valence-electron chi connectivity index (χ1n) is 10.0. The molecule has 0 aromatic carbocycles. The van der Waals surface area contributed by atoms with E-state index in [-0.39, 0.29) is 12.0 Å². The van der Waals surface area contributed by atoms with Crippen LogP contribution in [0.1, 0.15) is 84.5 Å². The Balaban J connectivity index is 2.27. The van der Waals surface area contributed by atoms with Gasteiger partial charge in [0.05, 0.1) is 12.0 Å². The molecule has 0 aliphatic heterocycles. The molecule has 0 bridgehead atoms. The number of carboxylic acids is 1. The Morgan fingerprint density at radius 1 is 1.16 bits per heavy atom. The van der Waals surface area contributed by atoms with Crippen molar-refractivity contribution in [3.63, 3.8) is 0 Å². The third-order valence-corrected chi connectivity index (χ3v) is 5.48. The van der Waals surface area contributed by atoms with Crippen molar-refractivity contribution >= 4 is 5.97 Å². The Morgan fingerprint density at radius 3 is 2.60 bits per heavy atom. The van der Waals surface area contributed by atoms with Gasteiger partial charge in [-0.25, -0.2) is 0 Å². The first kappa shape index (κ1) is 22.0. The maximum atomic E-state index is 10.8. The molecule has 1 saturated carbocycles. The number of aliphatic carboxylic acids is 1. The molecule has 25 heavy (non-hydrogen) atoms. The van der Waals surface area contributed by atoms with Crippen LogP contribution in [-0.4, -0.2) is 33.5 Å². The molecular weight excluding hydrogens is 316 g/mol. The van der Waals surface area contributed by atoms with E-state index >= 15 is 0 Å². The Hall–Kier alpha value is -1.05. The van der Waals surface area contributed by atoms with Crippen LogP contribution in [0.2, 0.25) is 0 Å². The van der Waals surface area contributed by atoms with Crippen LogP contribution in [0.15, 0.2) is 0 Å². The summed E-state index contributed by atoms with van der Waals surface area (Å²) in [5, 5.41) is 29.1. The molecule has 1 aliphatic carbocycles. The molecule has 1 fully saturated rings. The average molecular weight is 353 g/mol. The van der Waals surface area contributed by atoms with Crippen LogP contribution < -0.4 is 0 Å². The topological polar surface area (TPSA) is 77.8 Å². The van der Waals surface area contributed by atoms with Crippen LogP contribution in [-0.2, 0) is 4.79 Å². The lowest BCUT2D eigenvalue weighted by molar-refractivity contribution is -0.141. The number of rotatable bonds is 11. The van der Waals surface area contributed by atoms with E-state index in [0.717, 1.165) is 64.2 Å². The summed E-state index contributed by atoms with van der Waals surface area (Å²) in [5.74, 6) is 5.74. The van der Waals surface area contributed by atoms with Crippen molar-refractivity contribution in [3.8, 4) is 11.8 Å². The molecule has 0 aromatic heterocycles. The smallest absolute Gasteiger partial charge is 0.306 e. The minimum atomic E-state index is -0.716. The standard InChI is InChI=1S/C21H36O4/c1-3-4-6-10-18(22)14-12-17-13-15-20(23)19(17)11-8-5-7-9-16(2)21(24)25/h16-20,22-23H,3-5,7-9,11-15H2,1-2H3,(H,24,25)/t16?,17-,18?,19+,20-/m0/s1. The average Bonchev–Trinajstić information content (AvgIpc) is 2.92. The van der Waals surface area contributed by atoms with E-state index in [9.17, 15) is 15.0 Å². The van der Waals surface area contributed by atoms with Gasteiger partial charge in [0.25, 0.3) is 0 Å².